The maximum Gasteiger partial charge on any atom is 0.122 e. The van der Waals surface area contributed by atoms with Crippen molar-refractivity contribution in [1.82, 2.24) is 0 Å². The minimum absolute atomic E-state index is 0.722. The Bertz CT molecular complexity index is 348. The summed E-state index contributed by atoms with van der Waals surface area (Å²) in [5.41, 5.74) is 6.76. The molecule has 4 heteroatoms. The van der Waals surface area contributed by atoms with Crippen LogP contribution in [0.15, 0.2) is 29.4 Å². The zero-order valence-electron chi connectivity index (χ0n) is 7.07. The molecule has 13 heavy (non-hydrogen) atoms. The fraction of sp³-hybridized carbons (Fsp3) is 0.222. The predicted molar refractivity (Wildman–Crippen MR) is 62.7 cm³/mol. The van der Waals surface area contributed by atoms with Crippen LogP contribution >= 0.6 is 22.6 Å². The van der Waals surface area contributed by atoms with Gasteiger partial charge in [0.2, 0.25) is 0 Å². The molecule has 0 amide bonds. The summed E-state index contributed by atoms with van der Waals surface area (Å²) in [7, 11) is 0. The molecule has 0 bridgehead atoms. The summed E-state index contributed by atoms with van der Waals surface area (Å²) in [6.45, 7) is 0.895. The van der Waals surface area contributed by atoms with E-state index in [1.807, 2.05) is 17.1 Å². The third-order valence-corrected chi connectivity index (χ3v) is 2.87. The highest BCUT2D eigenvalue weighted by molar-refractivity contribution is 14.1. The lowest BCUT2D eigenvalue weighted by atomic mass is 10.3. The SMILES string of the molecule is NC1=NN(c2ccccc2I)CC1. The van der Waals surface area contributed by atoms with Gasteiger partial charge in [0.1, 0.15) is 5.84 Å². The number of halogens is 1. The molecule has 0 saturated carbocycles. The number of para-hydroxylation sites is 1. The van der Waals surface area contributed by atoms with Crippen molar-refractivity contribution in [2.24, 2.45) is 10.8 Å². The van der Waals surface area contributed by atoms with Crippen LogP contribution in [0.25, 0.3) is 0 Å². The molecule has 0 radical (unpaired) electrons. The Morgan fingerprint density at radius 1 is 1.38 bits per heavy atom. The third kappa shape index (κ3) is 1.77. The van der Waals surface area contributed by atoms with Gasteiger partial charge >= 0.3 is 0 Å². The Balaban J connectivity index is 2.31. The van der Waals surface area contributed by atoms with E-state index in [-0.39, 0.29) is 0 Å². The summed E-state index contributed by atoms with van der Waals surface area (Å²) in [5, 5.41) is 6.20. The second-order valence-corrected chi connectivity index (χ2v) is 4.08. The standard InChI is InChI=1S/C9H10IN3/c10-7-3-1-2-4-8(7)13-6-5-9(11)12-13/h1-4H,5-6H2,(H2,11,12). The number of benzene rings is 1. The normalized spacial score (nSPS) is 16.1. The Labute approximate surface area is 90.7 Å². The van der Waals surface area contributed by atoms with Crippen molar-refractivity contribution in [2.75, 3.05) is 11.6 Å². The van der Waals surface area contributed by atoms with E-state index in [1.54, 1.807) is 0 Å². The molecular weight excluding hydrogens is 277 g/mol. The number of nitrogens with zero attached hydrogens (tertiary/aromatic N) is 2. The maximum absolute atomic E-state index is 5.62. The Hall–Kier alpha value is -0.780. The highest BCUT2D eigenvalue weighted by Crippen LogP contribution is 2.24. The number of hydrogen-bond donors (Lipinski definition) is 1. The quantitative estimate of drug-likeness (QED) is 0.800. The van der Waals surface area contributed by atoms with Gasteiger partial charge in [-0.25, -0.2) is 0 Å². The summed E-state index contributed by atoms with van der Waals surface area (Å²) in [4.78, 5) is 0. The summed E-state index contributed by atoms with van der Waals surface area (Å²) >= 11 is 2.31. The van der Waals surface area contributed by atoms with Crippen LogP contribution < -0.4 is 10.7 Å². The maximum atomic E-state index is 5.62. The Morgan fingerprint density at radius 3 is 2.77 bits per heavy atom. The summed E-state index contributed by atoms with van der Waals surface area (Å²) in [5.74, 6) is 0.722. The fourth-order valence-electron chi connectivity index (χ4n) is 1.31. The summed E-state index contributed by atoms with van der Waals surface area (Å²) in [6.07, 6.45) is 0.866. The van der Waals surface area contributed by atoms with E-state index >= 15 is 0 Å². The van der Waals surface area contributed by atoms with Gasteiger partial charge in [0.25, 0.3) is 0 Å². The lowest BCUT2D eigenvalue weighted by Gasteiger charge is -2.14. The van der Waals surface area contributed by atoms with E-state index < -0.39 is 0 Å². The molecule has 68 valence electrons. The first kappa shape index (κ1) is 8.80. The first-order chi connectivity index (χ1) is 6.27. The van der Waals surface area contributed by atoms with Gasteiger partial charge in [0, 0.05) is 16.5 Å². The number of rotatable bonds is 1. The van der Waals surface area contributed by atoms with Gasteiger partial charge in [-0.05, 0) is 34.7 Å². The van der Waals surface area contributed by atoms with Crippen LogP contribution in [0.1, 0.15) is 6.42 Å². The van der Waals surface area contributed by atoms with E-state index in [0.717, 1.165) is 24.5 Å². The lowest BCUT2D eigenvalue weighted by molar-refractivity contribution is 0.918. The first-order valence-electron chi connectivity index (χ1n) is 4.12. The molecule has 2 N–H and O–H groups in total. The molecule has 2 rings (SSSR count). The lowest BCUT2D eigenvalue weighted by Crippen LogP contribution is -2.12. The van der Waals surface area contributed by atoms with E-state index in [1.165, 1.54) is 3.57 Å². The molecule has 1 aromatic carbocycles. The average molecular weight is 287 g/mol. The van der Waals surface area contributed by atoms with Crippen LogP contribution in [0.3, 0.4) is 0 Å². The molecule has 0 spiro atoms. The molecular formula is C9H10IN3. The Kier molecular flexibility index (Phi) is 2.39. The monoisotopic (exact) mass is 287 g/mol. The van der Waals surface area contributed by atoms with E-state index in [0.29, 0.717) is 0 Å². The molecule has 0 aliphatic carbocycles. The second-order valence-electron chi connectivity index (χ2n) is 2.92. The molecule has 0 aromatic heterocycles. The molecule has 3 nitrogen and oxygen atoms in total. The van der Waals surface area contributed by atoms with Gasteiger partial charge in [-0.2, -0.15) is 5.10 Å². The van der Waals surface area contributed by atoms with Crippen molar-refractivity contribution in [3.05, 3.63) is 27.8 Å². The highest BCUT2D eigenvalue weighted by Gasteiger charge is 2.14. The number of hydrazone groups is 1. The number of anilines is 1. The molecule has 0 saturated heterocycles. The van der Waals surface area contributed by atoms with Crippen LogP contribution in [0.5, 0.6) is 0 Å². The van der Waals surface area contributed by atoms with Gasteiger partial charge in [-0.1, -0.05) is 12.1 Å². The highest BCUT2D eigenvalue weighted by atomic mass is 127. The van der Waals surface area contributed by atoms with Gasteiger partial charge in [0.15, 0.2) is 0 Å². The van der Waals surface area contributed by atoms with Crippen LogP contribution in [-0.2, 0) is 0 Å². The van der Waals surface area contributed by atoms with Crippen LogP contribution in [-0.4, -0.2) is 12.4 Å². The second kappa shape index (κ2) is 3.53. The largest absolute Gasteiger partial charge is 0.386 e. The zero-order chi connectivity index (χ0) is 9.26. The van der Waals surface area contributed by atoms with Gasteiger partial charge in [-0.3, -0.25) is 5.01 Å². The van der Waals surface area contributed by atoms with E-state index in [4.69, 9.17) is 5.73 Å². The van der Waals surface area contributed by atoms with E-state index in [2.05, 4.69) is 39.8 Å². The van der Waals surface area contributed by atoms with Crippen LogP contribution in [0.4, 0.5) is 5.69 Å². The van der Waals surface area contributed by atoms with Crippen LogP contribution in [0, 0.1) is 3.57 Å². The molecule has 1 heterocycles. The number of nitrogens with two attached hydrogens (primary N) is 1. The van der Waals surface area contributed by atoms with Crippen LogP contribution in [0.2, 0.25) is 0 Å². The summed E-state index contributed by atoms with van der Waals surface area (Å²) in [6, 6.07) is 8.17. The summed E-state index contributed by atoms with van der Waals surface area (Å²) < 4.78 is 1.21. The predicted octanol–water partition coefficient (Wildman–Crippen LogP) is 1.77. The molecule has 0 atom stereocenters. The van der Waals surface area contributed by atoms with Crippen molar-refractivity contribution >= 4 is 34.1 Å². The van der Waals surface area contributed by atoms with Crippen molar-refractivity contribution in [3.8, 4) is 0 Å². The number of hydrogen-bond acceptors (Lipinski definition) is 3. The molecule has 1 aliphatic heterocycles. The minimum atomic E-state index is 0.722. The van der Waals surface area contributed by atoms with E-state index in [9.17, 15) is 0 Å². The van der Waals surface area contributed by atoms with Gasteiger partial charge in [-0.15, -0.1) is 0 Å². The molecule has 1 aromatic rings. The average Bonchev–Trinajstić information content (AvgIpc) is 2.53. The molecule has 1 aliphatic rings. The third-order valence-electron chi connectivity index (χ3n) is 1.96. The number of amidine groups is 1. The minimum Gasteiger partial charge on any atom is -0.386 e. The van der Waals surface area contributed by atoms with Crippen molar-refractivity contribution in [2.45, 2.75) is 6.42 Å². The fourth-order valence-corrected chi connectivity index (χ4v) is 1.98. The van der Waals surface area contributed by atoms with Gasteiger partial charge < -0.3 is 5.73 Å². The zero-order valence-corrected chi connectivity index (χ0v) is 9.23. The van der Waals surface area contributed by atoms with Gasteiger partial charge in [0.05, 0.1) is 5.69 Å². The van der Waals surface area contributed by atoms with Crippen molar-refractivity contribution in [3.63, 3.8) is 0 Å². The topological polar surface area (TPSA) is 41.6 Å². The molecule has 0 fully saturated rings. The smallest absolute Gasteiger partial charge is 0.122 e. The molecule has 0 unspecified atom stereocenters. The van der Waals surface area contributed by atoms with Crippen molar-refractivity contribution < 1.29 is 0 Å². The first-order valence-corrected chi connectivity index (χ1v) is 5.20. The Morgan fingerprint density at radius 2 is 2.15 bits per heavy atom. The van der Waals surface area contributed by atoms with Crippen molar-refractivity contribution in [1.29, 1.82) is 0 Å².